The van der Waals surface area contributed by atoms with Gasteiger partial charge in [-0.1, -0.05) is 12.5 Å². The predicted molar refractivity (Wildman–Crippen MR) is 78.0 cm³/mol. The van der Waals surface area contributed by atoms with Crippen LogP contribution in [0.4, 0.5) is 4.79 Å². The number of carbonyl (C=O) groups excluding carboxylic acids is 1. The van der Waals surface area contributed by atoms with Crippen molar-refractivity contribution in [2.24, 2.45) is 5.92 Å². The molecule has 0 aromatic carbocycles. The minimum Gasteiger partial charge on any atom is -0.393 e. The molecule has 0 radical (unpaired) electrons. The molecule has 2 amide bonds. The van der Waals surface area contributed by atoms with Crippen LogP contribution < -0.4 is 10.6 Å². The maximum absolute atomic E-state index is 11.7. The maximum atomic E-state index is 11.7. The molecule has 1 fully saturated rings. The van der Waals surface area contributed by atoms with Crippen molar-refractivity contribution >= 4 is 6.03 Å². The standard InChI is InChI=1S/C15H28N2O2/c1-3-4-5-7-12(2)17-15(19)16-11-13-8-6-9-14(18)10-13/h3,12-14,18H,1,4-11H2,2H3,(H2,16,17,19). The number of hydrogen-bond donors (Lipinski definition) is 3. The van der Waals surface area contributed by atoms with Crippen molar-refractivity contribution < 1.29 is 9.90 Å². The first-order chi connectivity index (χ1) is 9.11. The zero-order chi connectivity index (χ0) is 14.1. The van der Waals surface area contributed by atoms with E-state index in [9.17, 15) is 9.90 Å². The fourth-order valence-electron chi connectivity index (χ4n) is 2.60. The second-order valence-electron chi connectivity index (χ2n) is 5.66. The number of allylic oxidation sites excluding steroid dienone is 1. The van der Waals surface area contributed by atoms with Gasteiger partial charge in [0.2, 0.25) is 0 Å². The van der Waals surface area contributed by atoms with Gasteiger partial charge >= 0.3 is 6.03 Å². The lowest BCUT2D eigenvalue weighted by Crippen LogP contribution is -2.43. The van der Waals surface area contributed by atoms with Gasteiger partial charge in [0.05, 0.1) is 6.10 Å². The zero-order valence-corrected chi connectivity index (χ0v) is 12.0. The van der Waals surface area contributed by atoms with Crippen molar-refractivity contribution in [2.75, 3.05) is 6.54 Å². The van der Waals surface area contributed by atoms with Crippen molar-refractivity contribution in [3.8, 4) is 0 Å². The van der Waals surface area contributed by atoms with Crippen LogP contribution in [0.25, 0.3) is 0 Å². The Morgan fingerprint density at radius 2 is 2.32 bits per heavy atom. The molecule has 0 spiro atoms. The summed E-state index contributed by atoms with van der Waals surface area (Å²) < 4.78 is 0. The van der Waals surface area contributed by atoms with Crippen LogP contribution in [0.5, 0.6) is 0 Å². The summed E-state index contributed by atoms with van der Waals surface area (Å²) in [4.78, 5) is 11.7. The number of unbranched alkanes of at least 4 members (excludes halogenated alkanes) is 1. The molecule has 0 bridgehead atoms. The molecule has 0 heterocycles. The summed E-state index contributed by atoms with van der Waals surface area (Å²) in [5.74, 6) is 0.422. The van der Waals surface area contributed by atoms with Gasteiger partial charge in [-0.3, -0.25) is 0 Å². The van der Waals surface area contributed by atoms with E-state index in [1.165, 1.54) is 0 Å². The quantitative estimate of drug-likeness (QED) is 0.491. The molecule has 3 N–H and O–H groups in total. The number of nitrogens with one attached hydrogen (secondary N) is 2. The molecule has 0 aromatic rings. The molecule has 3 atom stereocenters. The van der Waals surface area contributed by atoms with Crippen molar-refractivity contribution in [2.45, 2.75) is 64.0 Å². The highest BCUT2D eigenvalue weighted by molar-refractivity contribution is 5.74. The molecule has 3 unspecified atom stereocenters. The average molecular weight is 268 g/mol. The van der Waals surface area contributed by atoms with E-state index in [2.05, 4.69) is 17.2 Å². The van der Waals surface area contributed by atoms with E-state index < -0.39 is 0 Å². The van der Waals surface area contributed by atoms with E-state index in [4.69, 9.17) is 0 Å². The summed E-state index contributed by atoms with van der Waals surface area (Å²) in [7, 11) is 0. The lowest BCUT2D eigenvalue weighted by atomic mass is 9.87. The topological polar surface area (TPSA) is 61.4 Å². The van der Waals surface area contributed by atoms with Crippen LogP contribution in [-0.4, -0.2) is 29.8 Å². The van der Waals surface area contributed by atoms with Gasteiger partial charge in [-0.25, -0.2) is 4.79 Å². The van der Waals surface area contributed by atoms with Crippen LogP contribution in [0.3, 0.4) is 0 Å². The van der Waals surface area contributed by atoms with Crippen LogP contribution in [0.2, 0.25) is 0 Å². The van der Waals surface area contributed by atoms with Crippen LogP contribution in [0.1, 0.15) is 51.9 Å². The second kappa shape index (κ2) is 8.97. The Morgan fingerprint density at radius 3 is 3.00 bits per heavy atom. The minimum atomic E-state index is -0.179. The number of urea groups is 1. The van der Waals surface area contributed by atoms with Gasteiger partial charge in [0.25, 0.3) is 0 Å². The van der Waals surface area contributed by atoms with Crippen molar-refractivity contribution in [3.63, 3.8) is 0 Å². The molecule has 0 aliphatic heterocycles. The Morgan fingerprint density at radius 1 is 1.53 bits per heavy atom. The smallest absolute Gasteiger partial charge is 0.315 e. The first-order valence-corrected chi connectivity index (χ1v) is 7.45. The van der Waals surface area contributed by atoms with E-state index in [1.807, 2.05) is 13.0 Å². The van der Waals surface area contributed by atoms with Gasteiger partial charge in [-0.15, -0.1) is 6.58 Å². The molecule has 1 saturated carbocycles. The monoisotopic (exact) mass is 268 g/mol. The molecule has 4 heteroatoms. The highest BCUT2D eigenvalue weighted by atomic mass is 16.3. The number of aliphatic hydroxyl groups excluding tert-OH is 1. The first-order valence-electron chi connectivity index (χ1n) is 7.45. The van der Waals surface area contributed by atoms with E-state index in [0.717, 1.165) is 44.9 Å². The Hall–Kier alpha value is -1.03. The molecule has 1 rings (SSSR count). The summed E-state index contributed by atoms with van der Waals surface area (Å²) in [6.07, 6.45) is 8.63. The van der Waals surface area contributed by atoms with Crippen LogP contribution in [-0.2, 0) is 0 Å². The van der Waals surface area contributed by atoms with Gasteiger partial charge in [0, 0.05) is 12.6 Å². The second-order valence-corrected chi connectivity index (χ2v) is 5.66. The van der Waals surface area contributed by atoms with Gasteiger partial charge in [0.1, 0.15) is 0 Å². The van der Waals surface area contributed by atoms with E-state index in [0.29, 0.717) is 12.5 Å². The third kappa shape index (κ3) is 7.21. The Bertz CT molecular complexity index is 281. The molecule has 19 heavy (non-hydrogen) atoms. The van der Waals surface area contributed by atoms with Crippen LogP contribution in [0, 0.1) is 5.92 Å². The molecule has 110 valence electrons. The van der Waals surface area contributed by atoms with Gasteiger partial charge < -0.3 is 15.7 Å². The first kappa shape index (κ1) is 16.0. The summed E-state index contributed by atoms with van der Waals surface area (Å²) in [6.45, 7) is 6.38. The molecule has 4 nitrogen and oxygen atoms in total. The number of aliphatic hydroxyl groups is 1. The summed E-state index contributed by atoms with van der Waals surface area (Å²) >= 11 is 0. The lowest BCUT2D eigenvalue weighted by molar-refractivity contribution is 0.101. The van der Waals surface area contributed by atoms with Gasteiger partial charge in [-0.2, -0.15) is 0 Å². The SMILES string of the molecule is C=CCCCC(C)NC(=O)NCC1CCCC(O)C1. The maximum Gasteiger partial charge on any atom is 0.315 e. The normalized spacial score (nSPS) is 24.5. The number of rotatable bonds is 7. The van der Waals surface area contributed by atoms with E-state index in [-0.39, 0.29) is 18.2 Å². The van der Waals surface area contributed by atoms with Crippen molar-refractivity contribution in [3.05, 3.63) is 12.7 Å². The summed E-state index contributed by atoms with van der Waals surface area (Å²) in [5, 5.41) is 15.4. The molecule has 0 saturated heterocycles. The third-order valence-corrected chi connectivity index (χ3v) is 3.73. The fraction of sp³-hybridized carbons (Fsp3) is 0.800. The molecular formula is C15H28N2O2. The van der Waals surface area contributed by atoms with Crippen LogP contribution >= 0.6 is 0 Å². The Labute approximate surface area is 116 Å². The summed E-state index contributed by atoms with van der Waals surface area (Å²) in [5.41, 5.74) is 0. The van der Waals surface area contributed by atoms with Crippen LogP contribution in [0.15, 0.2) is 12.7 Å². The minimum absolute atomic E-state index is 0.0915. The van der Waals surface area contributed by atoms with E-state index >= 15 is 0 Å². The molecule has 1 aliphatic rings. The third-order valence-electron chi connectivity index (χ3n) is 3.73. The van der Waals surface area contributed by atoms with Gasteiger partial charge in [0.15, 0.2) is 0 Å². The molecular weight excluding hydrogens is 240 g/mol. The lowest BCUT2D eigenvalue weighted by Gasteiger charge is -2.26. The number of amides is 2. The highest BCUT2D eigenvalue weighted by Gasteiger charge is 2.20. The largest absolute Gasteiger partial charge is 0.393 e. The fourth-order valence-corrected chi connectivity index (χ4v) is 2.60. The van der Waals surface area contributed by atoms with Crippen molar-refractivity contribution in [1.82, 2.24) is 10.6 Å². The van der Waals surface area contributed by atoms with Gasteiger partial charge in [-0.05, 0) is 51.4 Å². The Balaban J connectivity index is 2.11. The zero-order valence-electron chi connectivity index (χ0n) is 12.0. The van der Waals surface area contributed by atoms with Crippen molar-refractivity contribution in [1.29, 1.82) is 0 Å². The summed E-state index contributed by atoms with van der Waals surface area (Å²) in [6, 6.07) is 0.100. The number of hydrogen-bond acceptors (Lipinski definition) is 2. The highest BCUT2D eigenvalue weighted by Crippen LogP contribution is 2.23. The molecule has 0 aromatic heterocycles. The van der Waals surface area contributed by atoms with E-state index in [1.54, 1.807) is 0 Å². The predicted octanol–water partition coefficient (Wildman–Crippen LogP) is 2.58. The molecule has 1 aliphatic carbocycles. The number of carbonyl (C=O) groups is 1. The Kier molecular flexibility index (Phi) is 7.56. The average Bonchev–Trinajstić information content (AvgIpc) is 2.37.